The lowest BCUT2D eigenvalue weighted by Crippen LogP contribution is -2.43. The van der Waals surface area contributed by atoms with Gasteiger partial charge in [-0.3, -0.25) is 0 Å². The molecule has 2 fully saturated rings. The third-order valence-corrected chi connectivity index (χ3v) is 4.18. The predicted octanol–water partition coefficient (Wildman–Crippen LogP) is 2.51. The molecule has 3 unspecified atom stereocenters. The van der Waals surface area contributed by atoms with Crippen LogP contribution in [0.5, 0.6) is 0 Å². The van der Waals surface area contributed by atoms with Gasteiger partial charge in [0.15, 0.2) is 0 Å². The van der Waals surface area contributed by atoms with Crippen molar-refractivity contribution in [1.82, 2.24) is 0 Å². The van der Waals surface area contributed by atoms with Crippen LogP contribution in [0, 0.1) is 5.92 Å². The fourth-order valence-corrected chi connectivity index (χ4v) is 2.89. The quantitative estimate of drug-likeness (QED) is 0.823. The van der Waals surface area contributed by atoms with Crippen molar-refractivity contribution in [3.63, 3.8) is 0 Å². The highest BCUT2D eigenvalue weighted by molar-refractivity contribution is 4.87. The molecule has 100 valence electrons. The highest BCUT2D eigenvalue weighted by Gasteiger charge is 2.36. The minimum Gasteiger partial charge on any atom is -0.390 e. The summed E-state index contributed by atoms with van der Waals surface area (Å²) in [4.78, 5) is 0. The Hall–Kier alpha value is -0.120. The van der Waals surface area contributed by atoms with Crippen LogP contribution in [0.25, 0.3) is 0 Å². The van der Waals surface area contributed by atoms with Gasteiger partial charge >= 0.3 is 0 Å². The molecule has 0 aromatic heterocycles. The Balaban J connectivity index is 1.80. The van der Waals surface area contributed by atoms with E-state index in [2.05, 4.69) is 13.8 Å². The van der Waals surface area contributed by atoms with Crippen LogP contribution in [0.15, 0.2) is 0 Å². The van der Waals surface area contributed by atoms with Crippen LogP contribution >= 0.6 is 0 Å². The number of ether oxygens (including phenoxy) is 2. The number of aliphatic hydroxyl groups is 1. The Labute approximate surface area is 104 Å². The minimum absolute atomic E-state index is 0.221. The first-order valence-electron chi connectivity index (χ1n) is 7.05. The molecule has 2 aliphatic rings. The van der Waals surface area contributed by atoms with Crippen LogP contribution in [-0.2, 0) is 9.47 Å². The fraction of sp³-hybridized carbons (Fsp3) is 1.00. The fourth-order valence-electron chi connectivity index (χ4n) is 2.89. The lowest BCUT2D eigenvalue weighted by atomic mass is 9.82. The van der Waals surface area contributed by atoms with Crippen molar-refractivity contribution in [3.05, 3.63) is 0 Å². The van der Waals surface area contributed by atoms with E-state index in [1.165, 1.54) is 12.8 Å². The van der Waals surface area contributed by atoms with Crippen molar-refractivity contribution in [2.24, 2.45) is 5.92 Å². The van der Waals surface area contributed by atoms with Crippen LogP contribution in [0.4, 0.5) is 0 Å². The molecule has 0 aliphatic carbocycles. The summed E-state index contributed by atoms with van der Waals surface area (Å²) in [5.41, 5.74) is -0.515. The van der Waals surface area contributed by atoms with Gasteiger partial charge in [0.05, 0.1) is 17.8 Å². The number of hydrogen-bond acceptors (Lipinski definition) is 3. The summed E-state index contributed by atoms with van der Waals surface area (Å²) in [5.74, 6) is 0.490. The first-order valence-corrected chi connectivity index (χ1v) is 7.05. The Bertz CT molecular complexity index is 236. The van der Waals surface area contributed by atoms with Gasteiger partial charge < -0.3 is 14.6 Å². The van der Waals surface area contributed by atoms with Gasteiger partial charge in [0.1, 0.15) is 0 Å². The molecule has 0 spiro atoms. The normalized spacial score (nSPS) is 38.8. The summed E-state index contributed by atoms with van der Waals surface area (Å²) in [7, 11) is 0. The van der Waals surface area contributed by atoms with Gasteiger partial charge in [-0.1, -0.05) is 13.8 Å². The van der Waals surface area contributed by atoms with Gasteiger partial charge in [0, 0.05) is 19.6 Å². The third kappa shape index (κ3) is 3.67. The largest absolute Gasteiger partial charge is 0.390 e. The average Bonchev–Trinajstić information content (AvgIpc) is 2.79. The Morgan fingerprint density at radius 3 is 2.76 bits per heavy atom. The predicted molar refractivity (Wildman–Crippen MR) is 67.0 cm³/mol. The molecular weight excluding hydrogens is 216 g/mol. The number of hydrogen-bond donors (Lipinski definition) is 1. The maximum Gasteiger partial charge on any atom is 0.0695 e. The molecule has 2 saturated heterocycles. The summed E-state index contributed by atoms with van der Waals surface area (Å²) >= 11 is 0. The number of rotatable bonds is 4. The van der Waals surface area contributed by atoms with E-state index in [-0.39, 0.29) is 6.10 Å². The molecular formula is C14H26O3. The van der Waals surface area contributed by atoms with Crippen LogP contribution in [0.2, 0.25) is 0 Å². The molecule has 2 rings (SSSR count). The molecule has 17 heavy (non-hydrogen) atoms. The first kappa shape index (κ1) is 13.3. The molecule has 0 amide bonds. The van der Waals surface area contributed by atoms with Gasteiger partial charge in [-0.2, -0.15) is 0 Å². The molecule has 1 N–H and O–H groups in total. The zero-order chi connectivity index (χ0) is 12.3. The van der Waals surface area contributed by atoms with Gasteiger partial charge in [-0.15, -0.1) is 0 Å². The second-order valence-corrected chi connectivity index (χ2v) is 6.01. The molecule has 2 aliphatic heterocycles. The van der Waals surface area contributed by atoms with E-state index in [9.17, 15) is 5.11 Å². The van der Waals surface area contributed by atoms with Crippen LogP contribution in [0.1, 0.15) is 52.4 Å². The zero-order valence-electron chi connectivity index (χ0n) is 11.2. The lowest BCUT2D eigenvalue weighted by Gasteiger charge is -2.39. The summed E-state index contributed by atoms with van der Waals surface area (Å²) in [6.07, 6.45) is 6.39. The second kappa shape index (κ2) is 5.68. The van der Waals surface area contributed by atoms with Gasteiger partial charge in [0.2, 0.25) is 0 Å². The molecule has 0 radical (unpaired) electrons. The van der Waals surface area contributed by atoms with Crippen molar-refractivity contribution in [2.45, 2.75) is 70.2 Å². The standard InChI is InChI=1S/C14H26O3/c1-11(2)13-10-14(15,7-9-17-13)6-5-12-4-3-8-16-12/h11-13,15H,3-10H2,1-2H3. The van der Waals surface area contributed by atoms with E-state index in [1.807, 2.05) is 0 Å². The summed E-state index contributed by atoms with van der Waals surface area (Å²) < 4.78 is 11.3. The maximum atomic E-state index is 10.6. The molecule has 3 nitrogen and oxygen atoms in total. The van der Waals surface area contributed by atoms with Crippen molar-refractivity contribution >= 4 is 0 Å². The Morgan fingerprint density at radius 1 is 1.29 bits per heavy atom. The topological polar surface area (TPSA) is 38.7 Å². The molecule has 0 aromatic rings. The Kier molecular flexibility index (Phi) is 4.45. The third-order valence-electron chi connectivity index (χ3n) is 4.18. The van der Waals surface area contributed by atoms with E-state index in [0.29, 0.717) is 18.6 Å². The maximum absolute atomic E-state index is 10.6. The van der Waals surface area contributed by atoms with E-state index >= 15 is 0 Å². The second-order valence-electron chi connectivity index (χ2n) is 6.01. The zero-order valence-corrected chi connectivity index (χ0v) is 11.2. The van der Waals surface area contributed by atoms with Crippen LogP contribution in [0.3, 0.4) is 0 Å². The van der Waals surface area contributed by atoms with Crippen molar-refractivity contribution < 1.29 is 14.6 Å². The summed E-state index contributed by atoms with van der Waals surface area (Å²) in [5, 5.41) is 10.6. The minimum atomic E-state index is -0.515. The molecule has 3 atom stereocenters. The summed E-state index contributed by atoms with van der Waals surface area (Å²) in [6, 6.07) is 0. The summed E-state index contributed by atoms with van der Waals surface area (Å²) in [6.45, 7) is 5.93. The van der Waals surface area contributed by atoms with Crippen molar-refractivity contribution in [3.8, 4) is 0 Å². The van der Waals surface area contributed by atoms with Gasteiger partial charge in [0.25, 0.3) is 0 Å². The molecule has 0 saturated carbocycles. The smallest absolute Gasteiger partial charge is 0.0695 e. The van der Waals surface area contributed by atoms with E-state index < -0.39 is 5.60 Å². The Morgan fingerprint density at radius 2 is 2.12 bits per heavy atom. The van der Waals surface area contributed by atoms with E-state index in [0.717, 1.165) is 32.3 Å². The SMILES string of the molecule is CC(C)C1CC(O)(CCC2CCCO2)CCO1. The monoisotopic (exact) mass is 242 g/mol. The highest BCUT2D eigenvalue weighted by Crippen LogP contribution is 2.33. The first-order chi connectivity index (χ1) is 8.09. The van der Waals surface area contributed by atoms with Gasteiger partial charge in [-0.05, 0) is 38.0 Å². The van der Waals surface area contributed by atoms with Crippen molar-refractivity contribution in [1.29, 1.82) is 0 Å². The van der Waals surface area contributed by atoms with E-state index in [1.54, 1.807) is 0 Å². The lowest BCUT2D eigenvalue weighted by molar-refractivity contribution is -0.123. The molecule has 0 bridgehead atoms. The highest BCUT2D eigenvalue weighted by atomic mass is 16.5. The average molecular weight is 242 g/mol. The van der Waals surface area contributed by atoms with Gasteiger partial charge in [-0.25, -0.2) is 0 Å². The molecule has 2 heterocycles. The van der Waals surface area contributed by atoms with Crippen molar-refractivity contribution in [2.75, 3.05) is 13.2 Å². The van der Waals surface area contributed by atoms with E-state index in [4.69, 9.17) is 9.47 Å². The molecule has 3 heteroatoms. The molecule has 0 aromatic carbocycles. The van der Waals surface area contributed by atoms with Crippen LogP contribution < -0.4 is 0 Å². The van der Waals surface area contributed by atoms with Crippen LogP contribution in [-0.4, -0.2) is 36.1 Å².